The fraction of sp³-hybridized carbons (Fsp3) is 0.652. The van der Waals surface area contributed by atoms with Crippen molar-refractivity contribution in [2.75, 3.05) is 61.2 Å². The van der Waals surface area contributed by atoms with Crippen molar-refractivity contribution in [1.82, 2.24) is 9.80 Å². The Bertz CT molecular complexity index is 1700. The number of aliphatic carboxylic acids is 2. The van der Waals surface area contributed by atoms with Crippen molar-refractivity contribution in [3.05, 3.63) is 71.8 Å². The molecule has 0 aliphatic heterocycles. The van der Waals surface area contributed by atoms with Gasteiger partial charge in [0, 0.05) is 11.4 Å². The van der Waals surface area contributed by atoms with Gasteiger partial charge in [0.25, 0.3) is 0 Å². The van der Waals surface area contributed by atoms with Crippen molar-refractivity contribution in [1.29, 1.82) is 0 Å². The van der Waals surface area contributed by atoms with Crippen LogP contribution in [0.1, 0.15) is 142 Å². The van der Waals surface area contributed by atoms with E-state index in [1.165, 1.54) is 0 Å². The fourth-order valence-electron chi connectivity index (χ4n) is 6.43. The number of carbonyl (C=O) groups excluding carboxylic acids is 2. The largest absolute Gasteiger partial charge is 0.545 e. The van der Waals surface area contributed by atoms with E-state index in [0.29, 0.717) is 49.2 Å². The number of carboxylic acids is 2. The van der Waals surface area contributed by atoms with E-state index in [-0.39, 0.29) is 0 Å². The predicted molar refractivity (Wildman–Crippen MR) is 249 cm³/mol. The molecule has 14 nitrogen and oxygen atoms in total. The SMILES string of the molecule is CCN(CCCCCC(C)(C)F)CCC[C@H](O)c1ccc(NS(C)(=O)=O)cc1.CCN(CCCCCC(C)(C)F)CCC[C@H](O)c1ccc(NS(C)(=O)=O)cc1.O=C([O-])/C=C/C(=O)[O-]. The summed E-state index contributed by atoms with van der Waals surface area (Å²) in [5.74, 6) is -3.09. The number of aliphatic hydroxyl groups is 2. The highest BCUT2D eigenvalue weighted by molar-refractivity contribution is 7.92. The van der Waals surface area contributed by atoms with Gasteiger partial charge < -0.3 is 39.8 Å². The summed E-state index contributed by atoms with van der Waals surface area (Å²) in [6, 6.07) is 13.7. The van der Waals surface area contributed by atoms with Crippen LogP contribution in [0.15, 0.2) is 60.7 Å². The van der Waals surface area contributed by atoms with Crippen LogP contribution >= 0.6 is 0 Å². The van der Waals surface area contributed by atoms with Gasteiger partial charge >= 0.3 is 0 Å². The monoisotopic (exact) mass is 946 g/mol. The lowest BCUT2D eigenvalue weighted by Gasteiger charge is -2.21. The molecule has 2 aromatic rings. The van der Waals surface area contributed by atoms with Crippen LogP contribution in [0.2, 0.25) is 0 Å². The summed E-state index contributed by atoms with van der Waals surface area (Å²) in [5.41, 5.74) is 0.421. The first-order valence-electron chi connectivity index (χ1n) is 22.1. The van der Waals surface area contributed by atoms with Crippen molar-refractivity contribution in [3.63, 3.8) is 0 Å². The molecule has 64 heavy (non-hydrogen) atoms. The molecule has 0 aromatic heterocycles. The Balaban J connectivity index is 0.00000106. The summed E-state index contributed by atoms with van der Waals surface area (Å²) < 4.78 is 76.6. The molecular weight excluding hydrogens is 871 g/mol. The average Bonchev–Trinajstić information content (AvgIpc) is 3.17. The summed E-state index contributed by atoms with van der Waals surface area (Å²) in [6.07, 6.45) is 12.3. The lowest BCUT2D eigenvalue weighted by molar-refractivity contribution is -0.301. The maximum absolute atomic E-state index is 13.5. The molecule has 368 valence electrons. The Kier molecular flexibility index (Phi) is 29.5. The lowest BCUT2D eigenvalue weighted by Crippen LogP contribution is -2.26. The van der Waals surface area contributed by atoms with Crippen LogP contribution in [0, 0.1) is 0 Å². The number of carboxylic acid groups (broad SMARTS) is 2. The van der Waals surface area contributed by atoms with Crippen molar-refractivity contribution >= 4 is 43.4 Å². The molecular formula is C46H76F2N4O10S2-2. The summed E-state index contributed by atoms with van der Waals surface area (Å²) in [6.45, 7) is 16.6. The molecule has 0 unspecified atom stereocenters. The predicted octanol–water partition coefficient (Wildman–Crippen LogP) is 6.05. The third kappa shape index (κ3) is 35.6. The topological polar surface area (TPSA) is 220 Å². The van der Waals surface area contributed by atoms with Gasteiger partial charge in [0.05, 0.1) is 36.7 Å². The molecule has 0 saturated carbocycles. The third-order valence-corrected chi connectivity index (χ3v) is 11.1. The van der Waals surface area contributed by atoms with Crippen molar-refractivity contribution in [2.45, 2.75) is 142 Å². The van der Waals surface area contributed by atoms with Crippen molar-refractivity contribution in [3.8, 4) is 0 Å². The van der Waals surface area contributed by atoms with Gasteiger partial charge in [-0.25, -0.2) is 25.6 Å². The van der Waals surface area contributed by atoms with Crippen LogP contribution in [0.4, 0.5) is 20.2 Å². The van der Waals surface area contributed by atoms with E-state index in [4.69, 9.17) is 0 Å². The molecule has 0 aliphatic rings. The average molecular weight is 947 g/mol. The van der Waals surface area contributed by atoms with Crippen LogP contribution in [0.25, 0.3) is 0 Å². The number of carbonyl (C=O) groups is 2. The molecule has 0 aliphatic carbocycles. The Morgan fingerprint density at radius 2 is 0.891 bits per heavy atom. The number of hydrogen-bond donors (Lipinski definition) is 4. The second kappa shape index (κ2) is 31.3. The molecule has 18 heteroatoms. The Morgan fingerprint density at radius 3 is 1.14 bits per heavy atom. The Morgan fingerprint density at radius 1 is 0.594 bits per heavy atom. The van der Waals surface area contributed by atoms with Crippen molar-refractivity contribution < 1.29 is 55.6 Å². The van der Waals surface area contributed by atoms with E-state index in [0.717, 1.165) is 114 Å². The molecule has 0 saturated heterocycles. The Hall–Kier alpha value is -3.68. The van der Waals surface area contributed by atoms with Gasteiger partial charge in [-0.2, -0.15) is 0 Å². The lowest BCUT2D eigenvalue weighted by atomic mass is 10.0. The number of alkyl halides is 2. The number of sulfonamides is 2. The van der Waals surface area contributed by atoms with Crippen LogP contribution in [0.5, 0.6) is 0 Å². The molecule has 0 bridgehead atoms. The molecule has 2 rings (SSSR count). The second-order valence-corrected chi connectivity index (χ2v) is 20.7. The van der Waals surface area contributed by atoms with Gasteiger partial charge in [-0.1, -0.05) is 63.8 Å². The summed E-state index contributed by atoms with van der Waals surface area (Å²) >= 11 is 0. The maximum Gasteiger partial charge on any atom is 0.229 e. The molecule has 4 N–H and O–H groups in total. The molecule has 0 radical (unpaired) electrons. The number of halogens is 2. The second-order valence-electron chi connectivity index (χ2n) is 17.2. The quantitative estimate of drug-likeness (QED) is 0.0520. The zero-order chi connectivity index (χ0) is 49.0. The highest BCUT2D eigenvalue weighted by Gasteiger charge is 2.16. The summed E-state index contributed by atoms with van der Waals surface area (Å²) in [7, 11) is -6.58. The van der Waals surface area contributed by atoms with E-state index in [2.05, 4.69) is 33.1 Å². The minimum Gasteiger partial charge on any atom is -0.545 e. The number of hydrogen-bond acceptors (Lipinski definition) is 12. The fourth-order valence-corrected chi connectivity index (χ4v) is 7.56. The van der Waals surface area contributed by atoms with Gasteiger partial charge in [-0.05, 0) is 166 Å². The van der Waals surface area contributed by atoms with E-state index in [1.807, 2.05) is 0 Å². The summed E-state index contributed by atoms with van der Waals surface area (Å²) in [5, 5.41) is 39.5. The number of anilines is 2. The molecule has 2 aromatic carbocycles. The highest BCUT2D eigenvalue weighted by atomic mass is 32.2. The number of nitrogens with one attached hydrogen (secondary N) is 2. The summed E-state index contributed by atoms with van der Waals surface area (Å²) in [4.78, 5) is 23.6. The maximum atomic E-state index is 13.5. The smallest absolute Gasteiger partial charge is 0.229 e. The number of aliphatic hydroxyl groups excluding tert-OH is 2. The zero-order valence-corrected chi connectivity index (χ0v) is 40.9. The molecule has 0 spiro atoms. The number of nitrogens with zero attached hydrogens (tertiary/aromatic N) is 2. The molecule has 0 amide bonds. The van der Waals surface area contributed by atoms with Gasteiger partial charge in [-0.15, -0.1) is 0 Å². The van der Waals surface area contributed by atoms with Gasteiger partial charge in [0.2, 0.25) is 20.0 Å². The van der Waals surface area contributed by atoms with E-state index >= 15 is 0 Å². The standard InChI is InChI=1S/2C21H37FN2O3S.C4H4O4/c2*1-5-24(16-8-6-7-15-21(2,3)22)17-9-10-20(25)18-11-13-19(14-12-18)23-28(4,26)27;5-3(6)1-2-4(7)8/h2*11-14,20,23,25H,5-10,15-17H2,1-4H3;1-2H,(H,5,6)(H,7,8)/p-2/b;;2-1+/t2*20-;/m00./s1. The van der Waals surface area contributed by atoms with Crippen LogP contribution in [-0.4, -0.2) is 112 Å². The minimum absolute atomic E-state index is 0.384. The number of benzene rings is 2. The third-order valence-electron chi connectivity index (χ3n) is 9.84. The van der Waals surface area contributed by atoms with E-state index < -0.39 is 55.5 Å². The number of unbranched alkanes of at least 4 members (excludes halogenated alkanes) is 4. The van der Waals surface area contributed by atoms with E-state index in [1.54, 1.807) is 76.2 Å². The zero-order valence-electron chi connectivity index (χ0n) is 39.3. The first-order valence-corrected chi connectivity index (χ1v) is 25.9. The van der Waals surface area contributed by atoms with Crippen LogP contribution in [0.3, 0.4) is 0 Å². The highest BCUT2D eigenvalue weighted by Crippen LogP contribution is 2.23. The van der Waals surface area contributed by atoms with E-state index in [9.17, 15) is 55.6 Å². The number of rotatable bonds is 30. The molecule has 2 atom stereocenters. The first-order chi connectivity index (χ1) is 29.6. The van der Waals surface area contributed by atoms with Gasteiger partial charge in [0.15, 0.2) is 0 Å². The van der Waals surface area contributed by atoms with Gasteiger partial charge in [-0.3, -0.25) is 9.44 Å². The van der Waals surface area contributed by atoms with Gasteiger partial charge in [0.1, 0.15) is 11.3 Å². The molecule has 0 heterocycles. The van der Waals surface area contributed by atoms with Crippen molar-refractivity contribution in [2.24, 2.45) is 0 Å². The first kappa shape index (κ1) is 60.3. The minimum atomic E-state index is -3.29. The van der Waals surface area contributed by atoms with Crippen LogP contribution < -0.4 is 19.7 Å². The van der Waals surface area contributed by atoms with Crippen LogP contribution in [-0.2, 0) is 29.6 Å². The molecule has 0 fully saturated rings. The normalized spacial score (nSPS) is 13.2. The Labute approximate surface area is 382 Å².